The van der Waals surface area contributed by atoms with Gasteiger partial charge in [0.25, 0.3) is 0 Å². The van der Waals surface area contributed by atoms with Gasteiger partial charge in [-0.1, -0.05) is 36.4 Å². The first-order chi connectivity index (χ1) is 14.5. The van der Waals surface area contributed by atoms with Crippen molar-refractivity contribution in [2.45, 2.75) is 32.7 Å². The molecular weight excluding hydrogens is 377 g/mol. The first kappa shape index (κ1) is 21.5. The van der Waals surface area contributed by atoms with E-state index >= 15 is 0 Å². The van der Waals surface area contributed by atoms with Crippen molar-refractivity contribution in [2.75, 3.05) is 18.5 Å². The number of aryl methyl sites for hydroxylation is 3. The van der Waals surface area contributed by atoms with E-state index in [0.717, 1.165) is 35.3 Å². The molecule has 1 N–H and O–H groups in total. The quantitative estimate of drug-likeness (QED) is 0.587. The Bertz CT molecular complexity index is 973. The van der Waals surface area contributed by atoms with Crippen LogP contribution in [0.3, 0.4) is 0 Å². The number of carbonyl (C=O) groups excluding carboxylic acids is 1. The molecule has 3 aromatic rings. The monoisotopic (exact) mass is 405 g/mol. The minimum Gasteiger partial charge on any atom is -0.357 e. The summed E-state index contributed by atoms with van der Waals surface area (Å²) >= 11 is 0. The number of likely N-dealkylation sites (N-methyl/N-ethyl adjacent to an activating group) is 1. The summed E-state index contributed by atoms with van der Waals surface area (Å²) in [6.45, 7) is 4.36. The Morgan fingerprint density at radius 3 is 2.50 bits per heavy atom. The second kappa shape index (κ2) is 10.0. The van der Waals surface area contributed by atoms with Crippen molar-refractivity contribution >= 4 is 11.6 Å². The van der Waals surface area contributed by atoms with Crippen molar-refractivity contribution in [3.05, 3.63) is 95.1 Å². The topological polar surface area (TPSA) is 45.2 Å². The van der Waals surface area contributed by atoms with Crippen LogP contribution >= 0.6 is 0 Å². The maximum atomic E-state index is 13.9. The van der Waals surface area contributed by atoms with Gasteiger partial charge in [0.1, 0.15) is 11.9 Å². The number of benzene rings is 2. The minimum absolute atomic E-state index is 0.0971. The lowest BCUT2D eigenvalue weighted by Crippen LogP contribution is -2.40. The Kier molecular flexibility index (Phi) is 7.17. The number of anilines is 1. The van der Waals surface area contributed by atoms with Gasteiger partial charge in [0.15, 0.2) is 0 Å². The molecule has 2 aromatic carbocycles. The summed E-state index contributed by atoms with van der Waals surface area (Å²) in [6.07, 6.45) is 3.58. The highest BCUT2D eigenvalue weighted by molar-refractivity contribution is 5.86. The number of hydrogen-bond acceptors (Lipinski definition) is 3. The lowest BCUT2D eigenvalue weighted by atomic mass is 10.0. The summed E-state index contributed by atoms with van der Waals surface area (Å²) in [6, 6.07) is 18.3. The molecule has 0 saturated carbocycles. The number of pyridine rings is 1. The zero-order valence-corrected chi connectivity index (χ0v) is 17.7. The van der Waals surface area contributed by atoms with E-state index < -0.39 is 6.04 Å². The van der Waals surface area contributed by atoms with E-state index in [4.69, 9.17) is 0 Å². The smallest absolute Gasteiger partial charge is 0.247 e. The summed E-state index contributed by atoms with van der Waals surface area (Å²) in [5.74, 6) is -0.346. The first-order valence-electron chi connectivity index (χ1n) is 10.2. The van der Waals surface area contributed by atoms with Crippen LogP contribution < -0.4 is 10.2 Å². The van der Waals surface area contributed by atoms with Crippen molar-refractivity contribution in [1.29, 1.82) is 0 Å². The van der Waals surface area contributed by atoms with Gasteiger partial charge in [-0.05, 0) is 67.6 Å². The third kappa shape index (κ3) is 5.23. The van der Waals surface area contributed by atoms with Gasteiger partial charge >= 0.3 is 0 Å². The van der Waals surface area contributed by atoms with E-state index in [-0.39, 0.29) is 11.7 Å². The largest absolute Gasteiger partial charge is 0.357 e. The Hall–Kier alpha value is -3.21. The van der Waals surface area contributed by atoms with Crippen LogP contribution in [0.15, 0.2) is 66.9 Å². The van der Waals surface area contributed by atoms with E-state index in [9.17, 15) is 9.18 Å². The number of halogens is 1. The molecule has 0 aliphatic rings. The number of hydrogen-bond donors (Lipinski definition) is 1. The van der Waals surface area contributed by atoms with Crippen LogP contribution in [0.25, 0.3) is 0 Å². The molecule has 156 valence electrons. The molecular formula is C25H28FN3O. The molecule has 0 saturated heterocycles. The Labute approximate surface area is 177 Å². The predicted octanol–water partition coefficient (Wildman–Crippen LogP) is 4.76. The number of aromatic nitrogens is 1. The molecule has 0 spiro atoms. The highest BCUT2D eigenvalue weighted by atomic mass is 19.1. The average molecular weight is 406 g/mol. The lowest BCUT2D eigenvalue weighted by Gasteiger charge is -2.33. The van der Waals surface area contributed by atoms with E-state index in [1.807, 2.05) is 55.6 Å². The van der Waals surface area contributed by atoms with Gasteiger partial charge < -0.3 is 10.2 Å². The van der Waals surface area contributed by atoms with Gasteiger partial charge in [-0.15, -0.1) is 0 Å². The molecule has 1 amide bonds. The molecule has 30 heavy (non-hydrogen) atoms. The molecule has 3 rings (SSSR count). The van der Waals surface area contributed by atoms with E-state index in [0.29, 0.717) is 12.1 Å². The molecule has 1 aromatic heterocycles. The predicted molar refractivity (Wildman–Crippen MR) is 119 cm³/mol. The third-order valence-electron chi connectivity index (χ3n) is 5.23. The molecule has 0 unspecified atom stereocenters. The molecule has 1 atom stereocenters. The van der Waals surface area contributed by atoms with Crippen LogP contribution in [0.4, 0.5) is 10.1 Å². The maximum absolute atomic E-state index is 13.9. The van der Waals surface area contributed by atoms with Gasteiger partial charge in [-0.2, -0.15) is 0 Å². The average Bonchev–Trinajstić information content (AvgIpc) is 2.76. The molecule has 0 bridgehead atoms. The summed E-state index contributed by atoms with van der Waals surface area (Å²) in [5.41, 5.74) is 4.44. The molecule has 4 nitrogen and oxygen atoms in total. The molecule has 5 heteroatoms. The SMILES string of the molecule is CNC(=O)[C@H](c1ccccc1)N(CCCc1ccc(C)nc1)c1ccc(F)c(C)c1. The van der Waals surface area contributed by atoms with Gasteiger partial charge in [0.2, 0.25) is 5.91 Å². The second-order valence-corrected chi connectivity index (χ2v) is 7.47. The van der Waals surface area contributed by atoms with Gasteiger partial charge in [0, 0.05) is 31.2 Å². The zero-order valence-electron chi connectivity index (χ0n) is 17.7. The number of nitrogens with one attached hydrogen (secondary N) is 1. The Morgan fingerprint density at radius 1 is 1.10 bits per heavy atom. The highest BCUT2D eigenvalue weighted by Gasteiger charge is 2.27. The summed E-state index contributed by atoms with van der Waals surface area (Å²) < 4.78 is 13.9. The number of rotatable bonds is 8. The standard InChI is InChI=1S/C25H28FN3O/c1-18-16-22(13-14-23(18)26)29(15-7-8-20-12-11-19(2)28-17-20)24(25(30)27-3)21-9-5-4-6-10-21/h4-6,9-14,16-17,24H,7-8,15H2,1-3H3,(H,27,30)/t24-/m0/s1. The van der Waals surface area contributed by atoms with Gasteiger partial charge in [0.05, 0.1) is 0 Å². The molecule has 1 heterocycles. The van der Waals surface area contributed by atoms with Crippen LogP contribution in [0.1, 0.15) is 34.8 Å². The molecule has 0 radical (unpaired) electrons. The minimum atomic E-state index is -0.503. The maximum Gasteiger partial charge on any atom is 0.247 e. The zero-order chi connectivity index (χ0) is 21.5. The summed E-state index contributed by atoms with van der Waals surface area (Å²) in [5, 5.41) is 2.79. The van der Waals surface area contributed by atoms with Crippen molar-refractivity contribution in [3.63, 3.8) is 0 Å². The Morgan fingerprint density at radius 2 is 1.87 bits per heavy atom. The van der Waals surface area contributed by atoms with E-state index in [2.05, 4.69) is 21.3 Å². The number of nitrogens with zero attached hydrogens (tertiary/aromatic N) is 2. The van der Waals surface area contributed by atoms with E-state index in [1.165, 1.54) is 6.07 Å². The van der Waals surface area contributed by atoms with Crippen LogP contribution in [0.5, 0.6) is 0 Å². The van der Waals surface area contributed by atoms with E-state index in [1.54, 1.807) is 20.0 Å². The fraction of sp³-hybridized carbons (Fsp3) is 0.280. The van der Waals surface area contributed by atoms with Crippen LogP contribution in [-0.4, -0.2) is 24.5 Å². The molecule has 0 aliphatic carbocycles. The lowest BCUT2D eigenvalue weighted by molar-refractivity contribution is -0.122. The summed E-state index contributed by atoms with van der Waals surface area (Å²) in [4.78, 5) is 19.3. The van der Waals surface area contributed by atoms with Crippen molar-refractivity contribution in [3.8, 4) is 0 Å². The van der Waals surface area contributed by atoms with Gasteiger partial charge in [-0.3, -0.25) is 9.78 Å². The van der Waals surface area contributed by atoms with Crippen molar-refractivity contribution in [1.82, 2.24) is 10.3 Å². The Balaban J connectivity index is 1.91. The van der Waals surface area contributed by atoms with Crippen LogP contribution in [-0.2, 0) is 11.2 Å². The van der Waals surface area contributed by atoms with Crippen molar-refractivity contribution in [2.24, 2.45) is 0 Å². The van der Waals surface area contributed by atoms with Gasteiger partial charge in [-0.25, -0.2) is 4.39 Å². The molecule has 0 fully saturated rings. The normalized spacial score (nSPS) is 11.7. The summed E-state index contributed by atoms with van der Waals surface area (Å²) in [7, 11) is 1.64. The van der Waals surface area contributed by atoms with Crippen LogP contribution in [0.2, 0.25) is 0 Å². The van der Waals surface area contributed by atoms with Crippen LogP contribution in [0, 0.1) is 19.7 Å². The first-order valence-corrected chi connectivity index (χ1v) is 10.2. The second-order valence-electron chi connectivity index (χ2n) is 7.47. The number of carbonyl (C=O) groups is 1. The molecule has 0 aliphatic heterocycles. The highest BCUT2D eigenvalue weighted by Crippen LogP contribution is 2.29. The number of amides is 1. The van der Waals surface area contributed by atoms with Crippen molar-refractivity contribution < 1.29 is 9.18 Å². The third-order valence-corrected chi connectivity index (χ3v) is 5.23. The fourth-order valence-corrected chi connectivity index (χ4v) is 3.56. The fourth-order valence-electron chi connectivity index (χ4n) is 3.56.